The van der Waals surface area contributed by atoms with Gasteiger partial charge in [0.2, 0.25) is 0 Å². The summed E-state index contributed by atoms with van der Waals surface area (Å²) in [5, 5.41) is 12.2. The van der Waals surface area contributed by atoms with Gasteiger partial charge >= 0.3 is 0 Å². The van der Waals surface area contributed by atoms with Crippen LogP contribution < -0.4 is 5.56 Å². The van der Waals surface area contributed by atoms with Crippen molar-refractivity contribution in [3.8, 4) is 16.9 Å². The fraction of sp³-hybridized carbons (Fsp3) is 0. The number of nitrogens with one attached hydrogen (secondary N) is 1. The van der Waals surface area contributed by atoms with Gasteiger partial charge in [-0.3, -0.25) is 9.78 Å². The Bertz CT molecular complexity index is 1070. The van der Waals surface area contributed by atoms with Crippen LogP contribution >= 0.6 is 0 Å². The first kappa shape index (κ1) is 12.6. The molecule has 0 aliphatic rings. The first-order valence-electron chi connectivity index (χ1n) is 6.92. The van der Waals surface area contributed by atoms with E-state index in [9.17, 15) is 9.90 Å². The van der Waals surface area contributed by atoms with Crippen molar-refractivity contribution in [2.45, 2.75) is 0 Å². The Hall–Kier alpha value is -3.14. The Labute approximate surface area is 125 Å². The van der Waals surface area contributed by atoms with E-state index in [0.29, 0.717) is 10.8 Å². The summed E-state index contributed by atoms with van der Waals surface area (Å²) in [6.07, 6.45) is 3.39. The monoisotopic (exact) mass is 288 g/mol. The number of phenols is 1. The van der Waals surface area contributed by atoms with Crippen LogP contribution in [0.2, 0.25) is 0 Å². The number of nitrogens with zero attached hydrogens (tertiary/aromatic N) is 1. The number of hydrogen-bond acceptors (Lipinski definition) is 3. The van der Waals surface area contributed by atoms with E-state index in [2.05, 4.69) is 9.97 Å². The number of pyridine rings is 2. The number of phenolic OH excluding ortho intramolecular Hbond substituents is 1. The van der Waals surface area contributed by atoms with Crippen LogP contribution in [0.1, 0.15) is 0 Å². The lowest BCUT2D eigenvalue weighted by molar-refractivity contribution is 0.481. The molecule has 22 heavy (non-hydrogen) atoms. The lowest BCUT2D eigenvalue weighted by atomic mass is 9.99. The second-order valence-corrected chi connectivity index (χ2v) is 5.14. The third-order valence-electron chi connectivity index (χ3n) is 3.82. The van der Waals surface area contributed by atoms with Gasteiger partial charge in [-0.1, -0.05) is 18.2 Å². The van der Waals surface area contributed by atoms with Gasteiger partial charge in [-0.15, -0.1) is 0 Å². The van der Waals surface area contributed by atoms with Gasteiger partial charge in [-0.05, 0) is 35.9 Å². The number of aromatic nitrogens is 2. The zero-order valence-corrected chi connectivity index (χ0v) is 11.6. The van der Waals surface area contributed by atoms with Crippen LogP contribution in [0.4, 0.5) is 0 Å². The molecule has 0 fully saturated rings. The highest BCUT2D eigenvalue weighted by Crippen LogP contribution is 2.33. The first-order valence-corrected chi connectivity index (χ1v) is 6.92. The fourth-order valence-corrected chi connectivity index (χ4v) is 2.77. The lowest BCUT2D eigenvalue weighted by Gasteiger charge is -2.09. The summed E-state index contributed by atoms with van der Waals surface area (Å²) in [6.45, 7) is 0. The molecule has 4 heteroatoms. The summed E-state index contributed by atoms with van der Waals surface area (Å²) >= 11 is 0. The topological polar surface area (TPSA) is 66.0 Å². The van der Waals surface area contributed by atoms with E-state index in [1.165, 1.54) is 0 Å². The molecule has 0 radical (unpaired) electrons. The zero-order chi connectivity index (χ0) is 15.1. The number of benzene rings is 2. The summed E-state index contributed by atoms with van der Waals surface area (Å²) < 4.78 is 0. The molecule has 0 spiro atoms. The Morgan fingerprint density at radius 1 is 1.05 bits per heavy atom. The third kappa shape index (κ3) is 1.85. The Morgan fingerprint density at radius 2 is 1.95 bits per heavy atom. The van der Waals surface area contributed by atoms with Gasteiger partial charge in [0.25, 0.3) is 5.56 Å². The van der Waals surface area contributed by atoms with E-state index in [-0.39, 0.29) is 11.3 Å². The van der Waals surface area contributed by atoms with Crippen LogP contribution in [0.5, 0.6) is 5.75 Å². The molecule has 4 nitrogen and oxygen atoms in total. The van der Waals surface area contributed by atoms with Crippen LogP contribution in [0, 0.1) is 0 Å². The highest BCUT2D eigenvalue weighted by atomic mass is 16.3. The molecule has 4 aromatic rings. The highest BCUT2D eigenvalue weighted by Gasteiger charge is 2.11. The lowest BCUT2D eigenvalue weighted by Crippen LogP contribution is -2.05. The maximum absolute atomic E-state index is 12.0. The summed E-state index contributed by atoms with van der Waals surface area (Å²) in [6, 6.07) is 14.7. The quantitative estimate of drug-likeness (QED) is 0.564. The largest absolute Gasteiger partial charge is 0.507 e. The molecule has 0 unspecified atom stereocenters. The third-order valence-corrected chi connectivity index (χ3v) is 3.82. The van der Waals surface area contributed by atoms with Gasteiger partial charge in [0, 0.05) is 28.7 Å². The van der Waals surface area contributed by atoms with E-state index in [4.69, 9.17) is 0 Å². The number of aromatic amines is 1. The zero-order valence-electron chi connectivity index (χ0n) is 11.6. The molecule has 2 aromatic heterocycles. The van der Waals surface area contributed by atoms with Crippen LogP contribution in [0.25, 0.3) is 32.8 Å². The van der Waals surface area contributed by atoms with E-state index in [1.807, 2.05) is 30.3 Å². The molecular formula is C18H12N2O2. The van der Waals surface area contributed by atoms with Gasteiger partial charge in [-0.2, -0.15) is 0 Å². The molecule has 0 aliphatic heterocycles. The molecular weight excluding hydrogens is 276 g/mol. The molecule has 0 amide bonds. The molecule has 0 bridgehead atoms. The molecule has 0 saturated heterocycles. The highest BCUT2D eigenvalue weighted by molar-refractivity contribution is 6.01. The van der Waals surface area contributed by atoms with Crippen molar-refractivity contribution in [1.82, 2.24) is 9.97 Å². The molecule has 106 valence electrons. The number of aromatic hydroxyl groups is 1. The SMILES string of the molecule is O=c1[nH]cc(-c2ccc3ncccc3c2)c2c(O)cccc12. The number of H-pyrrole nitrogens is 1. The smallest absolute Gasteiger partial charge is 0.255 e. The number of rotatable bonds is 1. The van der Waals surface area contributed by atoms with Crippen molar-refractivity contribution in [3.05, 3.63) is 71.3 Å². The standard InChI is InChI=1S/C18H12N2O2/c21-16-5-1-4-13-17(16)14(10-20-18(13)22)11-6-7-15-12(9-11)3-2-8-19-15/h1-10,21H,(H,20,22). The van der Waals surface area contributed by atoms with Gasteiger partial charge in [0.15, 0.2) is 0 Å². The summed E-state index contributed by atoms with van der Waals surface area (Å²) in [4.78, 5) is 19.0. The van der Waals surface area contributed by atoms with Crippen LogP contribution in [0.3, 0.4) is 0 Å². The molecule has 2 heterocycles. The maximum Gasteiger partial charge on any atom is 0.255 e. The van der Waals surface area contributed by atoms with Gasteiger partial charge < -0.3 is 10.1 Å². The molecule has 0 atom stereocenters. The first-order chi connectivity index (χ1) is 10.7. The number of fused-ring (bicyclic) bond motifs is 2. The molecule has 0 aliphatic carbocycles. The van der Waals surface area contributed by atoms with Crippen molar-refractivity contribution in [2.75, 3.05) is 0 Å². The minimum absolute atomic E-state index is 0.102. The molecule has 0 saturated carbocycles. The van der Waals surface area contributed by atoms with Gasteiger partial charge in [-0.25, -0.2) is 0 Å². The average molecular weight is 288 g/mol. The molecule has 2 aromatic carbocycles. The Morgan fingerprint density at radius 3 is 2.86 bits per heavy atom. The molecule has 4 rings (SSSR count). The van der Waals surface area contributed by atoms with Crippen LogP contribution in [-0.4, -0.2) is 15.1 Å². The predicted molar refractivity (Wildman–Crippen MR) is 87.0 cm³/mol. The van der Waals surface area contributed by atoms with Crippen molar-refractivity contribution < 1.29 is 5.11 Å². The normalized spacial score (nSPS) is 11.1. The Kier molecular flexibility index (Phi) is 2.69. The van der Waals surface area contributed by atoms with E-state index in [1.54, 1.807) is 30.6 Å². The van der Waals surface area contributed by atoms with E-state index >= 15 is 0 Å². The maximum atomic E-state index is 12.0. The predicted octanol–water partition coefficient (Wildman–Crippen LogP) is 3.45. The van der Waals surface area contributed by atoms with Crippen molar-refractivity contribution in [2.24, 2.45) is 0 Å². The second kappa shape index (κ2) is 4.70. The minimum atomic E-state index is -0.211. The summed E-state index contributed by atoms with van der Waals surface area (Å²) in [5.74, 6) is 0.102. The Balaban J connectivity index is 2.08. The molecule has 2 N–H and O–H groups in total. The average Bonchev–Trinajstić information content (AvgIpc) is 2.55. The summed E-state index contributed by atoms with van der Waals surface area (Å²) in [5.41, 5.74) is 2.41. The van der Waals surface area contributed by atoms with Crippen LogP contribution in [-0.2, 0) is 0 Å². The number of hydrogen-bond donors (Lipinski definition) is 2. The van der Waals surface area contributed by atoms with Gasteiger partial charge in [0.05, 0.1) is 10.9 Å². The van der Waals surface area contributed by atoms with Gasteiger partial charge in [0.1, 0.15) is 5.75 Å². The summed E-state index contributed by atoms with van der Waals surface area (Å²) in [7, 11) is 0. The minimum Gasteiger partial charge on any atom is -0.507 e. The van der Waals surface area contributed by atoms with Crippen LogP contribution in [0.15, 0.2) is 65.7 Å². The van der Waals surface area contributed by atoms with E-state index in [0.717, 1.165) is 22.0 Å². The van der Waals surface area contributed by atoms with Crippen molar-refractivity contribution >= 4 is 21.7 Å². The second-order valence-electron chi connectivity index (χ2n) is 5.14. The van der Waals surface area contributed by atoms with E-state index < -0.39 is 0 Å². The van der Waals surface area contributed by atoms with Crippen molar-refractivity contribution in [1.29, 1.82) is 0 Å². The fourth-order valence-electron chi connectivity index (χ4n) is 2.77. The van der Waals surface area contributed by atoms with Crippen molar-refractivity contribution in [3.63, 3.8) is 0 Å².